The van der Waals surface area contributed by atoms with E-state index in [-0.39, 0.29) is 25.7 Å². The summed E-state index contributed by atoms with van der Waals surface area (Å²) in [6.45, 7) is 4.70. The van der Waals surface area contributed by atoms with Crippen LogP contribution in [-0.2, 0) is 65.4 Å². The molecule has 5 unspecified atom stereocenters. The molecule has 548 valence electrons. The van der Waals surface area contributed by atoms with Gasteiger partial charge in [-0.25, -0.2) is 9.13 Å². The maximum absolute atomic E-state index is 13.0. The Morgan fingerprint density at radius 1 is 0.309 bits per heavy atom. The summed E-state index contributed by atoms with van der Waals surface area (Å²) in [6.07, 6.45) is 65.1. The highest BCUT2D eigenvalue weighted by Crippen LogP contribution is 2.45. The van der Waals surface area contributed by atoms with E-state index in [9.17, 15) is 43.2 Å². The van der Waals surface area contributed by atoms with Crippen molar-refractivity contribution in [2.45, 2.75) is 354 Å². The molecule has 0 heterocycles. The van der Waals surface area contributed by atoms with Crippen molar-refractivity contribution in [1.82, 2.24) is 0 Å². The molecular weight excluding hydrogens is 1230 g/mol. The van der Waals surface area contributed by atoms with Gasteiger partial charge in [-0.3, -0.25) is 37.3 Å². The van der Waals surface area contributed by atoms with E-state index in [4.69, 9.17) is 37.0 Å². The van der Waals surface area contributed by atoms with Crippen LogP contribution >= 0.6 is 15.6 Å². The number of hydrogen-bond donors (Lipinski definition) is 3. The van der Waals surface area contributed by atoms with E-state index in [1.165, 1.54) is 96.3 Å². The predicted octanol–water partition coefficient (Wildman–Crippen LogP) is 21.1. The number of rotatable bonds is 71. The van der Waals surface area contributed by atoms with Crippen molar-refractivity contribution < 1.29 is 80.2 Å². The molecule has 0 aromatic carbocycles. The van der Waals surface area contributed by atoms with Crippen LogP contribution in [0.4, 0.5) is 0 Å². The molecule has 0 spiro atoms. The molecular formula is C75H136O17P2. The van der Waals surface area contributed by atoms with Crippen LogP contribution in [-0.4, -0.2) is 96.7 Å². The number of esters is 4. The zero-order chi connectivity index (χ0) is 69.0. The smallest absolute Gasteiger partial charge is 0.462 e. The Kier molecular flexibility index (Phi) is 65.9. The maximum Gasteiger partial charge on any atom is 0.472 e. The van der Waals surface area contributed by atoms with Crippen LogP contribution in [0.25, 0.3) is 0 Å². The van der Waals surface area contributed by atoms with Gasteiger partial charge in [-0.1, -0.05) is 275 Å². The van der Waals surface area contributed by atoms with Crippen LogP contribution in [0, 0.1) is 0 Å². The molecule has 0 bridgehead atoms. The summed E-state index contributed by atoms with van der Waals surface area (Å²) in [5.41, 5.74) is 0. The Morgan fingerprint density at radius 2 is 0.564 bits per heavy atom. The van der Waals surface area contributed by atoms with Crippen molar-refractivity contribution in [3.8, 4) is 0 Å². The lowest BCUT2D eigenvalue weighted by Crippen LogP contribution is -2.30. The summed E-state index contributed by atoms with van der Waals surface area (Å²) in [7, 11) is -9.93. The molecule has 0 fully saturated rings. The average molecular weight is 1370 g/mol. The summed E-state index contributed by atoms with van der Waals surface area (Å²) >= 11 is 0. The van der Waals surface area contributed by atoms with Gasteiger partial charge in [0.15, 0.2) is 12.2 Å². The molecule has 0 aromatic heterocycles. The molecule has 17 nitrogen and oxygen atoms in total. The van der Waals surface area contributed by atoms with Gasteiger partial charge in [-0.05, 0) is 96.3 Å². The Balaban J connectivity index is 5.26. The number of phosphoric ester groups is 2. The molecule has 5 atom stereocenters. The summed E-state index contributed by atoms with van der Waals surface area (Å²) in [6, 6.07) is 0. The first-order valence-corrected chi connectivity index (χ1v) is 40.5. The van der Waals surface area contributed by atoms with Crippen molar-refractivity contribution in [3.63, 3.8) is 0 Å². The number of allylic oxidation sites excluding steroid dienone is 10. The third-order valence-electron chi connectivity index (χ3n) is 16.0. The van der Waals surface area contributed by atoms with Gasteiger partial charge in [0, 0.05) is 25.7 Å². The zero-order valence-electron chi connectivity index (χ0n) is 59.6. The minimum atomic E-state index is -4.97. The lowest BCUT2D eigenvalue weighted by molar-refractivity contribution is -0.161. The fraction of sp³-hybridized carbons (Fsp3) is 0.813. The molecule has 0 aliphatic rings. The van der Waals surface area contributed by atoms with Gasteiger partial charge in [-0.15, -0.1) is 0 Å². The van der Waals surface area contributed by atoms with Crippen LogP contribution in [0.5, 0.6) is 0 Å². The Labute approximate surface area is 571 Å². The van der Waals surface area contributed by atoms with Crippen LogP contribution in [0.1, 0.15) is 336 Å². The first-order chi connectivity index (χ1) is 45.7. The fourth-order valence-corrected chi connectivity index (χ4v) is 11.8. The summed E-state index contributed by atoms with van der Waals surface area (Å²) in [5, 5.41) is 10.6. The molecule has 19 heteroatoms. The van der Waals surface area contributed by atoms with Gasteiger partial charge >= 0.3 is 39.5 Å². The minimum Gasteiger partial charge on any atom is -0.462 e. The third kappa shape index (κ3) is 67.3. The molecule has 0 saturated heterocycles. The second kappa shape index (κ2) is 68.3. The van der Waals surface area contributed by atoms with Gasteiger partial charge in [0.2, 0.25) is 0 Å². The second-order valence-electron chi connectivity index (χ2n) is 25.2. The third-order valence-corrected chi connectivity index (χ3v) is 17.9. The highest BCUT2D eigenvalue weighted by molar-refractivity contribution is 7.47. The SMILES string of the molecule is CC/C=C\C/C=C\C/C=C\CCCCCCCCCC(=O)OCC(COP(=O)(O)OCC(O)COP(=O)(O)OCC(COC(=O)CCCCCCCCCCCCCCCCC)OC(=O)CCCCCCC/C=C\CCCC)OC(=O)CCCCCCC/C=C\CCCC. The highest BCUT2D eigenvalue weighted by atomic mass is 31.2. The Hall–Kier alpha value is -3.24. The van der Waals surface area contributed by atoms with Crippen LogP contribution in [0.2, 0.25) is 0 Å². The second-order valence-corrected chi connectivity index (χ2v) is 28.1. The molecule has 0 amide bonds. The van der Waals surface area contributed by atoms with E-state index in [1.54, 1.807) is 0 Å². The monoisotopic (exact) mass is 1370 g/mol. The lowest BCUT2D eigenvalue weighted by Gasteiger charge is -2.21. The number of hydrogen-bond acceptors (Lipinski definition) is 15. The zero-order valence-corrected chi connectivity index (χ0v) is 61.4. The van der Waals surface area contributed by atoms with Gasteiger partial charge in [-0.2, -0.15) is 0 Å². The number of aliphatic hydroxyl groups is 1. The largest absolute Gasteiger partial charge is 0.472 e. The lowest BCUT2D eigenvalue weighted by atomic mass is 10.0. The molecule has 94 heavy (non-hydrogen) atoms. The van der Waals surface area contributed by atoms with Crippen molar-refractivity contribution in [2.75, 3.05) is 39.6 Å². The minimum absolute atomic E-state index is 0.0852. The molecule has 0 radical (unpaired) electrons. The van der Waals surface area contributed by atoms with E-state index in [2.05, 4.69) is 88.5 Å². The highest BCUT2D eigenvalue weighted by Gasteiger charge is 2.30. The normalized spacial score (nSPS) is 14.3. The number of carbonyl (C=O) groups excluding carboxylic acids is 4. The number of phosphoric acid groups is 2. The number of ether oxygens (including phenoxy) is 4. The average Bonchev–Trinajstić information content (AvgIpc) is 1.32. The van der Waals surface area contributed by atoms with Crippen LogP contribution in [0.3, 0.4) is 0 Å². The van der Waals surface area contributed by atoms with Crippen molar-refractivity contribution in [1.29, 1.82) is 0 Å². The van der Waals surface area contributed by atoms with Gasteiger partial charge in [0.25, 0.3) is 0 Å². The molecule has 0 saturated carbocycles. The van der Waals surface area contributed by atoms with Crippen molar-refractivity contribution in [3.05, 3.63) is 60.8 Å². The first-order valence-electron chi connectivity index (χ1n) is 37.5. The van der Waals surface area contributed by atoms with E-state index < -0.39 is 97.5 Å². The number of unbranched alkanes of at least 4 members (excludes halogenated alkanes) is 35. The first kappa shape index (κ1) is 90.8. The van der Waals surface area contributed by atoms with E-state index in [0.717, 1.165) is 161 Å². The maximum atomic E-state index is 13.0. The van der Waals surface area contributed by atoms with E-state index in [1.807, 2.05) is 0 Å². The molecule has 0 aliphatic carbocycles. The van der Waals surface area contributed by atoms with Gasteiger partial charge in [0.05, 0.1) is 26.4 Å². The van der Waals surface area contributed by atoms with Gasteiger partial charge in [0.1, 0.15) is 19.3 Å². The summed E-state index contributed by atoms with van der Waals surface area (Å²) in [4.78, 5) is 72.7. The summed E-state index contributed by atoms with van der Waals surface area (Å²) in [5.74, 6) is -2.18. The van der Waals surface area contributed by atoms with E-state index in [0.29, 0.717) is 25.7 Å². The van der Waals surface area contributed by atoms with Crippen LogP contribution in [0.15, 0.2) is 60.8 Å². The Bertz CT molecular complexity index is 2030. The summed E-state index contributed by atoms with van der Waals surface area (Å²) < 4.78 is 68.3. The molecule has 3 N–H and O–H groups in total. The number of aliphatic hydroxyl groups excluding tert-OH is 1. The molecule has 0 aromatic rings. The van der Waals surface area contributed by atoms with Gasteiger partial charge < -0.3 is 33.8 Å². The molecule has 0 rings (SSSR count). The van der Waals surface area contributed by atoms with E-state index >= 15 is 0 Å². The van der Waals surface area contributed by atoms with Crippen LogP contribution < -0.4 is 0 Å². The van der Waals surface area contributed by atoms with Crippen molar-refractivity contribution >= 4 is 39.5 Å². The Morgan fingerprint density at radius 3 is 0.894 bits per heavy atom. The fourth-order valence-electron chi connectivity index (χ4n) is 10.2. The quantitative estimate of drug-likeness (QED) is 0.0169. The molecule has 0 aliphatic heterocycles. The predicted molar refractivity (Wildman–Crippen MR) is 381 cm³/mol. The standard InChI is InChI=1S/C75H136O17P2/c1-5-9-13-17-21-25-29-31-33-34-36-38-42-44-48-52-56-60-73(78)86-66-71(92-75(80)62-58-54-50-46-40-28-24-20-16-12-8-4)68-90-94(83,84)88-64-69(76)63-87-93(81,82)89-67-70(91-74(79)61-57-53-49-45-39-27-23-19-15-11-7-3)65-85-72(77)59-55-51-47-43-41-37-35-32-30-26-22-18-14-10-6-2/h9,13,19-21,23-25,31,33,69-71,76H,5-8,10-12,14-18,22,26-30,32,34-68H2,1-4H3,(H,81,82)(H,83,84)/b13-9-,23-19-,24-20-,25-21-,33-31-. The van der Waals surface area contributed by atoms with Crippen molar-refractivity contribution in [2.24, 2.45) is 0 Å². The topological polar surface area (TPSA) is 237 Å². The number of carbonyl (C=O) groups is 4.